The van der Waals surface area contributed by atoms with Gasteiger partial charge in [-0.15, -0.1) is 0 Å². The van der Waals surface area contributed by atoms with Crippen LogP contribution < -0.4 is 10.8 Å². The van der Waals surface area contributed by atoms with E-state index < -0.39 is 0 Å². The molecule has 2 N–H and O–H groups in total. The number of allylic oxidation sites excluding steroid dienone is 2. The normalized spacial score (nSPS) is 21.2. The van der Waals surface area contributed by atoms with Gasteiger partial charge in [-0.05, 0) is 68.6 Å². The van der Waals surface area contributed by atoms with E-state index in [0.29, 0.717) is 39.6 Å². The largest absolute Gasteiger partial charge is 0.353 e. The van der Waals surface area contributed by atoms with Gasteiger partial charge in [0.2, 0.25) is 0 Å². The number of halogens is 1. The van der Waals surface area contributed by atoms with E-state index in [0.717, 1.165) is 30.9 Å². The SMILES string of the molecule is CCC1C/C(C)=C\C(=Nc2cc(Nc3ccccc3C(=O)NOC)c(Cl)cn2)CCC1CC(C)C. The number of hydrogen-bond acceptors (Lipinski definition) is 5. The predicted molar refractivity (Wildman–Crippen MR) is 145 cm³/mol. The van der Waals surface area contributed by atoms with Gasteiger partial charge in [0.1, 0.15) is 0 Å². The molecule has 0 spiro atoms. The van der Waals surface area contributed by atoms with Crippen molar-refractivity contribution in [3.63, 3.8) is 0 Å². The van der Waals surface area contributed by atoms with Gasteiger partial charge in [0, 0.05) is 11.8 Å². The Morgan fingerprint density at radius 1 is 1.26 bits per heavy atom. The molecule has 35 heavy (non-hydrogen) atoms. The average Bonchev–Trinajstić information content (AvgIpc) is 2.81. The maximum Gasteiger partial charge on any atom is 0.276 e. The number of hydroxylamine groups is 1. The van der Waals surface area contributed by atoms with Crippen molar-refractivity contribution in [2.24, 2.45) is 22.7 Å². The summed E-state index contributed by atoms with van der Waals surface area (Å²) in [7, 11) is 1.40. The van der Waals surface area contributed by atoms with E-state index in [1.54, 1.807) is 18.3 Å². The van der Waals surface area contributed by atoms with E-state index >= 15 is 0 Å². The molecule has 0 saturated carbocycles. The first kappa shape index (κ1) is 26.9. The molecule has 2 unspecified atom stereocenters. The molecule has 2 aromatic rings. The Morgan fingerprint density at radius 3 is 2.74 bits per heavy atom. The van der Waals surface area contributed by atoms with Crippen molar-refractivity contribution in [3.05, 3.63) is 58.8 Å². The molecule has 1 heterocycles. The number of aromatic nitrogens is 1. The number of hydrogen-bond donors (Lipinski definition) is 2. The van der Waals surface area contributed by atoms with Crippen LogP contribution in [0.4, 0.5) is 17.2 Å². The molecule has 1 aliphatic rings. The molecule has 1 aromatic heterocycles. The molecule has 2 atom stereocenters. The quantitative estimate of drug-likeness (QED) is 0.368. The van der Waals surface area contributed by atoms with Gasteiger partial charge in [-0.1, -0.05) is 56.5 Å². The Kier molecular flexibility index (Phi) is 9.87. The molecule has 0 bridgehead atoms. The topological polar surface area (TPSA) is 75.6 Å². The summed E-state index contributed by atoms with van der Waals surface area (Å²) in [6, 6.07) is 8.99. The molecule has 0 aliphatic heterocycles. The number of benzene rings is 1. The summed E-state index contributed by atoms with van der Waals surface area (Å²) in [5.74, 6) is 2.37. The first-order valence-corrected chi connectivity index (χ1v) is 12.8. The van der Waals surface area contributed by atoms with Crippen LogP contribution in [0, 0.1) is 17.8 Å². The van der Waals surface area contributed by atoms with E-state index in [2.05, 4.69) is 49.6 Å². The van der Waals surface area contributed by atoms with Gasteiger partial charge >= 0.3 is 0 Å². The van der Waals surface area contributed by atoms with Crippen molar-refractivity contribution in [1.29, 1.82) is 0 Å². The van der Waals surface area contributed by atoms with E-state index in [9.17, 15) is 4.79 Å². The van der Waals surface area contributed by atoms with Gasteiger partial charge < -0.3 is 5.32 Å². The third kappa shape index (κ3) is 7.64. The highest BCUT2D eigenvalue weighted by molar-refractivity contribution is 6.33. The van der Waals surface area contributed by atoms with Gasteiger partial charge in [0.25, 0.3) is 5.91 Å². The zero-order valence-corrected chi connectivity index (χ0v) is 22.2. The minimum Gasteiger partial charge on any atom is -0.353 e. The van der Waals surface area contributed by atoms with Crippen molar-refractivity contribution in [2.75, 3.05) is 12.4 Å². The van der Waals surface area contributed by atoms with Crippen LogP contribution in [0.25, 0.3) is 0 Å². The third-order valence-electron chi connectivity index (χ3n) is 6.47. The second-order valence-electron chi connectivity index (χ2n) is 9.72. The lowest BCUT2D eigenvalue weighted by atomic mass is 9.76. The number of pyridine rings is 1. The maximum absolute atomic E-state index is 12.3. The molecule has 7 heteroatoms. The van der Waals surface area contributed by atoms with Crippen LogP contribution in [0.1, 0.15) is 70.2 Å². The zero-order valence-electron chi connectivity index (χ0n) is 21.4. The van der Waals surface area contributed by atoms with Crippen LogP contribution in [-0.4, -0.2) is 23.7 Å². The number of para-hydroxylation sites is 1. The third-order valence-corrected chi connectivity index (χ3v) is 6.77. The van der Waals surface area contributed by atoms with E-state index in [4.69, 9.17) is 21.4 Å². The summed E-state index contributed by atoms with van der Waals surface area (Å²) in [6.07, 6.45) is 9.47. The standard InChI is InChI=1S/C28H37ClN4O2/c1-6-20-14-19(4)15-22(12-11-21(20)13-18(2)3)31-27-16-26(24(29)17-30-27)32-25-10-8-7-9-23(25)28(34)33-35-5/h7-10,15-18,20-21H,6,11-14H2,1-5H3,(H,30,32)(H,33,34)/b19-15-,31-22?. The Hall–Kier alpha value is -2.70. The number of carbonyl (C=O) groups is 1. The maximum atomic E-state index is 12.3. The number of rotatable bonds is 8. The summed E-state index contributed by atoms with van der Waals surface area (Å²) in [5, 5.41) is 3.71. The van der Waals surface area contributed by atoms with Gasteiger partial charge in [0.05, 0.1) is 35.3 Å². The molecular formula is C28H37ClN4O2. The summed E-state index contributed by atoms with van der Waals surface area (Å²) < 4.78 is 0. The lowest BCUT2D eigenvalue weighted by Gasteiger charge is -2.30. The molecule has 1 aliphatic carbocycles. The van der Waals surface area contributed by atoms with E-state index in [1.807, 2.05) is 18.2 Å². The van der Waals surface area contributed by atoms with E-state index in [-0.39, 0.29) is 5.91 Å². The van der Waals surface area contributed by atoms with Crippen molar-refractivity contribution in [2.45, 2.75) is 59.8 Å². The van der Waals surface area contributed by atoms with Gasteiger partial charge in [-0.25, -0.2) is 15.5 Å². The number of anilines is 2. The fraction of sp³-hybridized carbons (Fsp3) is 0.464. The lowest BCUT2D eigenvalue weighted by Crippen LogP contribution is -2.22. The van der Waals surface area contributed by atoms with Crippen molar-refractivity contribution in [1.82, 2.24) is 10.5 Å². The van der Waals surface area contributed by atoms with Crippen LogP contribution in [-0.2, 0) is 4.84 Å². The van der Waals surface area contributed by atoms with Crippen LogP contribution >= 0.6 is 11.6 Å². The molecular weight excluding hydrogens is 460 g/mol. The van der Waals surface area contributed by atoms with Gasteiger partial charge in [-0.3, -0.25) is 9.63 Å². The summed E-state index contributed by atoms with van der Waals surface area (Å²) in [4.78, 5) is 26.5. The fourth-order valence-electron chi connectivity index (χ4n) is 4.86. The molecule has 0 fully saturated rings. The number of carbonyl (C=O) groups excluding carboxylic acids is 1. The zero-order chi connectivity index (χ0) is 25.4. The average molecular weight is 497 g/mol. The van der Waals surface area contributed by atoms with Crippen molar-refractivity contribution < 1.29 is 9.63 Å². The molecule has 3 rings (SSSR count). The fourth-order valence-corrected chi connectivity index (χ4v) is 5.01. The molecule has 0 radical (unpaired) electrons. The van der Waals surface area contributed by atoms with Crippen molar-refractivity contribution in [3.8, 4) is 0 Å². The van der Waals surface area contributed by atoms with Gasteiger partial charge in [-0.2, -0.15) is 0 Å². The minimum atomic E-state index is -0.349. The van der Waals surface area contributed by atoms with Gasteiger partial charge in [0.15, 0.2) is 5.82 Å². The molecule has 6 nitrogen and oxygen atoms in total. The second-order valence-corrected chi connectivity index (χ2v) is 10.1. The second kappa shape index (κ2) is 12.8. The summed E-state index contributed by atoms with van der Waals surface area (Å²) in [5.41, 5.74) is 6.45. The number of nitrogens with one attached hydrogen (secondary N) is 2. The van der Waals surface area contributed by atoms with Crippen molar-refractivity contribution >= 4 is 40.4 Å². The lowest BCUT2D eigenvalue weighted by molar-refractivity contribution is 0.0538. The number of nitrogens with zero attached hydrogens (tertiary/aromatic N) is 2. The number of aliphatic imine (C=N–C) groups is 1. The predicted octanol–water partition coefficient (Wildman–Crippen LogP) is 7.66. The smallest absolute Gasteiger partial charge is 0.276 e. The van der Waals surface area contributed by atoms with Crippen LogP contribution in [0.2, 0.25) is 5.02 Å². The monoisotopic (exact) mass is 496 g/mol. The highest BCUT2D eigenvalue weighted by Crippen LogP contribution is 2.35. The Morgan fingerprint density at radius 2 is 2.03 bits per heavy atom. The summed E-state index contributed by atoms with van der Waals surface area (Å²) >= 11 is 6.44. The highest BCUT2D eigenvalue weighted by atomic mass is 35.5. The number of amides is 1. The van der Waals surface area contributed by atoms with Crippen LogP contribution in [0.15, 0.2) is 53.2 Å². The molecule has 188 valence electrons. The first-order chi connectivity index (χ1) is 16.8. The molecule has 0 saturated heterocycles. The highest BCUT2D eigenvalue weighted by Gasteiger charge is 2.24. The summed E-state index contributed by atoms with van der Waals surface area (Å²) in [6.45, 7) is 9.14. The van der Waals surface area contributed by atoms with Crippen LogP contribution in [0.5, 0.6) is 0 Å². The Bertz CT molecular complexity index is 1080. The molecule has 1 aromatic carbocycles. The molecule has 1 amide bonds. The van der Waals surface area contributed by atoms with Crippen LogP contribution in [0.3, 0.4) is 0 Å². The Balaban J connectivity index is 1.87. The minimum absolute atomic E-state index is 0.349. The Labute approximate surface area is 214 Å². The van der Waals surface area contributed by atoms with E-state index in [1.165, 1.54) is 25.5 Å². The first-order valence-electron chi connectivity index (χ1n) is 12.4.